The van der Waals surface area contributed by atoms with Gasteiger partial charge >= 0.3 is 8.56 Å². The van der Waals surface area contributed by atoms with Crippen LogP contribution in [0, 0.1) is 5.82 Å². The number of rotatable bonds is 7. The molecule has 0 bridgehead atoms. The number of benzene rings is 1. The van der Waals surface area contributed by atoms with Gasteiger partial charge in [0.25, 0.3) is 0 Å². The van der Waals surface area contributed by atoms with Crippen molar-refractivity contribution in [2.24, 2.45) is 0 Å². The fourth-order valence-corrected chi connectivity index (χ4v) is 14.9. The second-order valence-electron chi connectivity index (χ2n) is 7.69. The molecule has 0 N–H and O–H groups in total. The fraction of sp³-hybridized carbons (Fsp3) is 0.600. The van der Waals surface area contributed by atoms with E-state index in [-0.39, 0.29) is 5.82 Å². The van der Waals surface area contributed by atoms with Crippen LogP contribution >= 0.6 is 0 Å². The van der Waals surface area contributed by atoms with E-state index in [2.05, 4.69) is 45.8 Å². The predicted octanol–water partition coefficient (Wildman–Crippen LogP) is 5.14. The minimum Gasteiger partial charge on any atom is -0.437 e. The second kappa shape index (κ2) is 6.87. The lowest BCUT2D eigenvalue weighted by atomic mass is 10.2. The molecule has 0 atom stereocenters. The van der Waals surface area contributed by atoms with E-state index in [0.717, 1.165) is 18.0 Å². The SMILES string of the molecule is C[Si](C)(C)O[Si](C)(CCc1ccc(F)cc1)O[Si](C)(C)C. The Bertz CT molecular complexity index is 433. The lowest BCUT2D eigenvalue weighted by molar-refractivity contribution is 0.383. The maximum atomic E-state index is 13.0. The van der Waals surface area contributed by atoms with Crippen LogP contribution in [0.25, 0.3) is 0 Å². The first-order valence-corrected chi connectivity index (χ1v) is 16.9. The summed E-state index contributed by atoms with van der Waals surface area (Å²) >= 11 is 0. The van der Waals surface area contributed by atoms with Crippen molar-refractivity contribution in [1.29, 1.82) is 0 Å². The van der Waals surface area contributed by atoms with E-state index in [9.17, 15) is 4.39 Å². The molecule has 6 heteroatoms. The lowest BCUT2D eigenvalue weighted by Crippen LogP contribution is -2.52. The van der Waals surface area contributed by atoms with Gasteiger partial charge in [-0.2, -0.15) is 0 Å². The van der Waals surface area contributed by atoms with Crippen molar-refractivity contribution in [3.63, 3.8) is 0 Å². The highest BCUT2D eigenvalue weighted by atomic mass is 28.5. The van der Waals surface area contributed by atoms with Crippen LogP contribution in [0.2, 0.25) is 51.9 Å². The number of aryl methyl sites for hydroxylation is 1. The largest absolute Gasteiger partial charge is 0.437 e. The molecule has 0 saturated heterocycles. The molecule has 2 nitrogen and oxygen atoms in total. The zero-order valence-corrected chi connectivity index (χ0v) is 17.4. The third-order valence-corrected chi connectivity index (χ3v) is 12.3. The Morgan fingerprint density at radius 3 is 1.62 bits per heavy atom. The van der Waals surface area contributed by atoms with Crippen molar-refractivity contribution in [2.45, 2.75) is 58.3 Å². The molecule has 0 spiro atoms. The van der Waals surface area contributed by atoms with Gasteiger partial charge < -0.3 is 8.23 Å². The van der Waals surface area contributed by atoms with Gasteiger partial charge in [-0.1, -0.05) is 12.1 Å². The molecule has 1 aromatic rings. The molecule has 0 aliphatic heterocycles. The lowest BCUT2D eigenvalue weighted by Gasteiger charge is -2.38. The first-order chi connectivity index (χ1) is 9.39. The zero-order valence-electron chi connectivity index (χ0n) is 14.4. The average molecular weight is 345 g/mol. The van der Waals surface area contributed by atoms with Gasteiger partial charge in [-0.15, -0.1) is 0 Å². The molecule has 0 fully saturated rings. The smallest absolute Gasteiger partial charge is 0.314 e. The Kier molecular flexibility index (Phi) is 6.14. The summed E-state index contributed by atoms with van der Waals surface area (Å²) in [5, 5.41) is 0. The molecule has 0 aliphatic carbocycles. The van der Waals surface area contributed by atoms with E-state index in [1.54, 1.807) is 0 Å². The van der Waals surface area contributed by atoms with Gasteiger partial charge in [0.2, 0.25) is 0 Å². The van der Waals surface area contributed by atoms with E-state index in [0.29, 0.717) is 0 Å². The third kappa shape index (κ3) is 8.06. The molecule has 21 heavy (non-hydrogen) atoms. The topological polar surface area (TPSA) is 18.5 Å². The summed E-state index contributed by atoms with van der Waals surface area (Å²) in [6.07, 6.45) is 0.887. The molecular weight excluding hydrogens is 315 g/mol. The van der Waals surface area contributed by atoms with Crippen LogP contribution in [-0.4, -0.2) is 25.2 Å². The van der Waals surface area contributed by atoms with Crippen molar-refractivity contribution in [3.05, 3.63) is 35.6 Å². The summed E-state index contributed by atoms with van der Waals surface area (Å²) in [7, 11) is -5.47. The highest BCUT2D eigenvalue weighted by Crippen LogP contribution is 2.25. The van der Waals surface area contributed by atoms with Gasteiger partial charge in [0.05, 0.1) is 0 Å². The van der Waals surface area contributed by atoms with E-state index >= 15 is 0 Å². The van der Waals surface area contributed by atoms with E-state index in [4.69, 9.17) is 8.23 Å². The van der Waals surface area contributed by atoms with E-state index in [1.807, 2.05) is 12.1 Å². The van der Waals surface area contributed by atoms with Gasteiger partial charge in [0.1, 0.15) is 5.82 Å². The molecule has 0 aliphatic rings. The van der Waals surface area contributed by atoms with Gasteiger partial charge in [0, 0.05) is 0 Å². The van der Waals surface area contributed by atoms with E-state index in [1.165, 1.54) is 12.1 Å². The summed E-state index contributed by atoms with van der Waals surface area (Å²) in [5.74, 6) is -0.185. The van der Waals surface area contributed by atoms with Crippen LogP contribution in [-0.2, 0) is 14.7 Å². The molecule has 0 unspecified atom stereocenters. The minimum atomic E-state index is -2.19. The first-order valence-electron chi connectivity index (χ1n) is 7.53. The predicted molar refractivity (Wildman–Crippen MR) is 95.4 cm³/mol. The molecule has 0 radical (unpaired) electrons. The van der Waals surface area contributed by atoms with Crippen LogP contribution in [0.4, 0.5) is 4.39 Å². The van der Waals surface area contributed by atoms with Gasteiger partial charge in [-0.05, 0) is 76.0 Å². The number of halogens is 1. The summed E-state index contributed by atoms with van der Waals surface area (Å²) in [6.45, 7) is 15.5. The first kappa shape index (κ1) is 18.8. The van der Waals surface area contributed by atoms with E-state index < -0.39 is 25.2 Å². The number of hydrogen-bond donors (Lipinski definition) is 0. The Morgan fingerprint density at radius 1 is 0.810 bits per heavy atom. The maximum Gasteiger partial charge on any atom is 0.314 e. The van der Waals surface area contributed by atoms with Crippen LogP contribution < -0.4 is 0 Å². The monoisotopic (exact) mass is 344 g/mol. The van der Waals surface area contributed by atoms with Crippen molar-refractivity contribution >= 4 is 25.2 Å². The van der Waals surface area contributed by atoms with Crippen LogP contribution in [0.1, 0.15) is 5.56 Å². The van der Waals surface area contributed by atoms with Crippen molar-refractivity contribution in [2.75, 3.05) is 0 Å². The molecule has 0 aromatic heterocycles. The Balaban J connectivity index is 2.79. The standard InChI is InChI=1S/C15H29FO2Si3/c1-19(2,3)17-21(7,18-20(4,5)6)13-12-14-8-10-15(16)11-9-14/h8-11H,12-13H2,1-7H3. The summed E-state index contributed by atoms with van der Waals surface area (Å²) in [4.78, 5) is 0. The Labute approximate surface area is 132 Å². The van der Waals surface area contributed by atoms with Crippen LogP contribution in [0.3, 0.4) is 0 Å². The minimum absolute atomic E-state index is 0.185. The second-order valence-corrected chi connectivity index (χ2v) is 20.5. The molecule has 0 saturated carbocycles. The zero-order chi connectivity index (χ0) is 16.3. The molecule has 1 aromatic carbocycles. The molecule has 120 valence electrons. The quantitative estimate of drug-likeness (QED) is 0.637. The highest BCUT2D eigenvalue weighted by molar-refractivity contribution is 6.87. The van der Waals surface area contributed by atoms with Crippen molar-refractivity contribution in [1.82, 2.24) is 0 Å². The van der Waals surface area contributed by atoms with Gasteiger partial charge in [0.15, 0.2) is 16.6 Å². The Morgan fingerprint density at radius 2 is 1.24 bits per heavy atom. The molecule has 0 heterocycles. The molecular formula is C15H29FO2Si3. The highest BCUT2D eigenvalue weighted by Gasteiger charge is 2.39. The third-order valence-electron chi connectivity index (χ3n) is 2.83. The fourth-order valence-electron chi connectivity index (χ4n) is 2.44. The molecule has 1 rings (SSSR count). The normalized spacial score (nSPS) is 13.5. The van der Waals surface area contributed by atoms with Crippen molar-refractivity contribution in [3.8, 4) is 0 Å². The maximum absolute atomic E-state index is 13.0. The van der Waals surface area contributed by atoms with Crippen LogP contribution in [0.5, 0.6) is 0 Å². The van der Waals surface area contributed by atoms with Crippen LogP contribution in [0.15, 0.2) is 24.3 Å². The number of hydrogen-bond acceptors (Lipinski definition) is 2. The molecule has 0 amide bonds. The summed E-state index contributed by atoms with van der Waals surface area (Å²) in [5.41, 5.74) is 1.15. The summed E-state index contributed by atoms with van der Waals surface area (Å²) in [6, 6.07) is 7.67. The van der Waals surface area contributed by atoms with Gasteiger partial charge in [-0.3, -0.25) is 0 Å². The van der Waals surface area contributed by atoms with Gasteiger partial charge in [-0.25, -0.2) is 4.39 Å². The van der Waals surface area contributed by atoms with Crippen molar-refractivity contribution < 1.29 is 12.6 Å². The Hall–Kier alpha value is -0.279. The summed E-state index contributed by atoms with van der Waals surface area (Å²) < 4.78 is 25.9. The average Bonchev–Trinajstić information content (AvgIpc) is 2.23.